The van der Waals surface area contributed by atoms with Gasteiger partial charge in [-0.05, 0) is 18.2 Å². The Morgan fingerprint density at radius 1 is 1.30 bits per heavy atom. The van der Waals surface area contributed by atoms with Gasteiger partial charge in [-0.2, -0.15) is 0 Å². The summed E-state index contributed by atoms with van der Waals surface area (Å²) in [7, 11) is 0. The van der Waals surface area contributed by atoms with Gasteiger partial charge in [0.2, 0.25) is 5.82 Å². The average Bonchev–Trinajstić information content (AvgIpc) is 2.35. The number of nitrogens with two attached hydrogens (primary N) is 1. The van der Waals surface area contributed by atoms with E-state index in [1.54, 1.807) is 0 Å². The van der Waals surface area contributed by atoms with E-state index in [9.17, 15) is 14.5 Å². The molecule has 0 saturated heterocycles. The fraction of sp³-hybridized carbons (Fsp3) is 0. The van der Waals surface area contributed by atoms with Gasteiger partial charge in [0.15, 0.2) is 5.82 Å². The Hall–Kier alpha value is -2.12. The van der Waals surface area contributed by atoms with Crippen LogP contribution in [0, 0.1) is 15.9 Å². The number of pyridine rings is 1. The minimum atomic E-state index is -0.770. The van der Waals surface area contributed by atoms with Crippen molar-refractivity contribution in [3.63, 3.8) is 0 Å². The number of nitro groups is 1. The van der Waals surface area contributed by atoms with Crippen molar-refractivity contribution in [2.24, 2.45) is 0 Å². The SMILES string of the molecule is Nc1ccc([N+](=O)[O-])c(Nc2cc(Cl)c(F)c(Cl)c2)n1. The maximum absolute atomic E-state index is 13.3. The molecule has 0 spiro atoms. The highest BCUT2D eigenvalue weighted by Crippen LogP contribution is 2.31. The second kappa shape index (κ2) is 5.48. The summed E-state index contributed by atoms with van der Waals surface area (Å²) in [6.45, 7) is 0. The molecule has 2 rings (SSSR count). The van der Waals surface area contributed by atoms with Crippen LogP contribution < -0.4 is 11.1 Å². The van der Waals surface area contributed by atoms with Crippen LogP contribution in [0.15, 0.2) is 24.3 Å². The zero-order chi connectivity index (χ0) is 14.9. The van der Waals surface area contributed by atoms with Gasteiger partial charge < -0.3 is 11.1 Å². The van der Waals surface area contributed by atoms with E-state index in [2.05, 4.69) is 10.3 Å². The van der Waals surface area contributed by atoms with E-state index in [1.165, 1.54) is 24.3 Å². The molecule has 20 heavy (non-hydrogen) atoms. The minimum Gasteiger partial charge on any atom is -0.384 e. The molecule has 3 N–H and O–H groups in total. The molecule has 1 aromatic heterocycles. The quantitative estimate of drug-likeness (QED) is 0.510. The maximum Gasteiger partial charge on any atom is 0.311 e. The number of anilines is 3. The minimum absolute atomic E-state index is 0.0891. The van der Waals surface area contributed by atoms with Gasteiger partial charge in [0, 0.05) is 11.8 Å². The molecule has 0 saturated carbocycles. The molecule has 6 nitrogen and oxygen atoms in total. The van der Waals surface area contributed by atoms with Crippen LogP contribution in [0.2, 0.25) is 10.0 Å². The Kier molecular flexibility index (Phi) is 3.91. The lowest BCUT2D eigenvalue weighted by Gasteiger charge is -2.08. The smallest absolute Gasteiger partial charge is 0.311 e. The molecule has 104 valence electrons. The summed E-state index contributed by atoms with van der Waals surface area (Å²) in [4.78, 5) is 14.1. The third-order valence-corrected chi connectivity index (χ3v) is 2.89. The van der Waals surface area contributed by atoms with Crippen LogP contribution >= 0.6 is 23.2 Å². The van der Waals surface area contributed by atoms with E-state index >= 15 is 0 Å². The van der Waals surface area contributed by atoms with Gasteiger partial charge in [0.25, 0.3) is 0 Å². The molecule has 2 aromatic rings. The number of rotatable bonds is 3. The van der Waals surface area contributed by atoms with Crippen LogP contribution in [0.1, 0.15) is 0 Å². The molecule has 0 aliphatic heterocycles. The molecule has 0 unspecified atom stereocenters. The third kappa shape index (κ3) is 2.89. The van der Waals surface area contributed by atoms with E-state index in [0.29, 0.717) is 0 Å². The lowest BCUT2D eigenvalue weighted by Crippen LogP contribution is -2.02. The number of nitrogens with one attached hydrogen (secondary N) is 1. The molecule has 0 radical (unpaired) electrons. The van der Waals surface area contributed by atoms with Crippen LogP contribution in [-0.4, -0.2) is 9.91 Å². The van der Waals surface area contributed by atoms with Crippen molar-refractivity contribution in [2.45, 2.75) is 0 Å². The first kappa shape index (κ1) is 14.3. The van der Waals surface area contributed by atoms with E-state index in [0.717, 1.165) is 0 Å². The fourth-order valence-electron chi connectivity index (χ4n) is 1.47. The zero-order valence-corrected chi connectivity index (χ0v) is 11.2. The molecule has 0 fully saturated rings. The monoisotopic (exact) mass is 316 g/mol. The van der Waals surface area contributed by atoms with Crippen LogP contribution in [0.5, 0.6) is 0 Å². The van der Waals surface area contributed by atoms with E-state index < -0.39 is 10.7 Å². The topological polar surface area (TPSA) is 94.1 Å². The standard InChI is InChI=1S/C11H7Cl2FN4O2/c12-6-3-5(4-7(13)10(6)14)16-11-8(18(19)20)1-2-9(15)17-11/h1-4H,(H3,15,16,17). The van der Waals surface area contributed by atoms with Gasteiger partial charge in [0.05, 0.1) is 15.0 Å². The van der Waals surface area contributed by atoms with Crippen molar-refractivity contribution < 1.29 is 9.31 Å². The van der Waals surface area contributed by atoms with Crippen LogP contribution in [0.3, 0.4) is 0 Å². The number of halogens is 3. The molecule has 0 bridgehead atoms. The Balaban J connectivity index is 2.44. The van der Waals surface area contributed by atoms with Gasteiger partial charge in [0.1, 0.15) is 5.82 Å². The summed E-state index contributed by atoms with van der Waals surface area (Å²) in [5.41, 5.74) is 5.45. The summed E-state index contributed by atoms with van der Waals surface area (Å²) >= 11 is 11.3. The normalized spacial score (nSPS) is 10.3. The molecular weight excluding hydrogens is 310 g/mol. The highest BCUT2D eigenvalue weighted by molar-refractivity contribution is 6.35. The molecule has 0 amide bonds. The first-order valence-electron chi connectivity index (χ1n) is 5.21. The Labute approximate surface area is 122 Å². The molecule has 1 heterocycles. The third-order valence-electron chi connectivity index (χ3n) is 2.34. The summed E-state index contributed by atoms with van der Waals surface area (Å²) in [5, 5.41) is 13.1. The summed E-state index contributed by atoms with van der Waals surface area (Å²) < 4.78 is 13.3. The van der Waals surface area contributed by atoms with E-state index in [1.807, 2.05) is 0 Å². The maximum atomic E-state index is 13.3. The lowest BCUT2D eigenvalue weighted by molar-refractivity contribution is -0.384. The summed E-state index contributed by atoms with van der Waals surface area (Å²) in [6.07, 6.45) is 0. The zero-order valence-electron chi connectivity index (χ0n) is 9.73. The largest absolute Gasteiger partial charge is 0.384 e. The Morgan fingerprint density at radius 3 is 2.45 bits per heavy atom. The van der Waals surface area contributed by atoms with Gasteiger partial charge in [-0.1, -0.05) is 23.2 Å². The first-order chi connectivity index (χ1) is 9.38. The van der Waals surface area contributed by atoms with Crippen LogP contribution in [-0.2, 0) is 0 Å². The summed E-state index contributed by atoms with van der Waals surface area (Å²) in [5.74, 6) is -0.764. The van der Waals surface area contributed by atoms with Crippen LogP contribution in [0.4, 0.5) is 27.4 Å². The second-order valence-electron chi connectivity index (χ2n) is 3.74. The van der Waals surface area contributed by atoms with E-state index in [-0.39, 0.29) is 33.1 Å². The number of aromatic nitrogens is 1. The molecule has 0 aliphatic rings. The number of nitrogen functional groups attached to an aromatic ring is 1. The number of hydrogen-bond acceptors (Lipinski definition) is 5. The highest BCUT2D eigenvalue weighted by Gasteiger charge is 2.17. The van der Waals surface area contributed by atoms with Crippen molar-refractivity contribution in [3.05, 3.63) is 50.2 Å². The van der Waals surface area contributed by atoms with Gasteiger partial charge in [-0.15, -0.1) is 0 Å². The summed E-state index contributed by atoms with van der Waals surface area (Å²) in [6, 6.07) is 4.97. The highest BCUT2D eigenvalue weighted by atomic mass is 35.5. The van der Waals surface area contributed by atoms with Crippen molar-refractivity contribution in [3.8, 4) is 0 Å². The van der Waals surface area contributed by atoms with Crippen LogP contribution in [0.25, 0.3) is 0 Å². The number of benzene rings is 1. The van der Waals surface area contributed by atoms with Crippen molar-refractivity contribution >= 4 is 46.2 Å². The average molecular weight is 317 g/mol. The molecule has 9 heteroatoms. The molecule has 0 aliphatic carbocycles. The predicted molar refractivity (Wildman–Crippen MR) is 75.0 cm³/mol. The lowest BCUT2D eigenvalue weighted by atomic mass is 10.3. The van der Waals surface area contributed by atoms with E-state index in [4.69, 9.17) is 28.9 Å². The van der Waals surface area contributed by atoms with Crippen molar-refractivity contribution in [1.29, 1.82) is 0 Å². The fourth-order valence-corrected chi connectivity index (χ4v) is 1.96. The second-order valence-corrected chi connectivity index (χ2v) is 4.55. The Morgan fingerprint density at radius 2 is 1.90 bits per heavy atom. The van der Waals surface area contributed by atoms with Crippen molar-refractivity contribution in [1.82, 2.24) is 4.98 Å². The molecular formula is C11H7Cl2FN4O2. The van der Waals surface area contributed by atoms with Gasteiger partial charge in [-0.25, -0.2) is 9.37 Å². The predicted octanol–water partition coefficient (Wildman–Crippen LogP) is 3.76. The molecule has 0 atom stereocenters. The Bertz CT molecular complexity index is 673. The number of hydrogen-bond donors (Lipinski definition) is 2. The van der Waals surface area contributed by atoms with Crippen molar-refractivity contribution in [2.75, 3.05) is 11.1 Å². The first-order valence-corrected chi connectivity index (χ1v) is 5.96. The molecule has 1 aromatic carbocycles. The van der Waals surface area contributed by atoms with Gasteiger partial charge in [-0.3, -0.25) is 10.1 Å². The number of nitrogens with zero attached hydrogens (tertiary/aromatic N) is 2. The van der Waals surface area contributed by atoms with Gasteiger partial charge >= 0.3 is 5.69 Å².